The number of piperazine rings is 1. The van der Waals surface area contributed by atoms with Gasteiger partial charge in [0.05, 0.1) is 6.61 Å². The minimum Gasteiger partial charge on any atom is -0.494 e. The van der Waals surface area contributed by atoms with Crippen molar-refractivity contribution in [1.82, 2.24) is 9.80 Å². The van der Waals surface area contributed by atoms with E-state index in [0.717, 1.165) is 31.8 Å². The van der Waals surface area contributed by atoms with Gasteiger partial charge in [-0.15, -0.1) is 0 Å². The standard InChI is InChI=1S/C16H24N2O2/c1-14-13-18(11-10-17(14)2)16(19)9-6-12-20-15-7-4-3-5-8-15/h3-5,7-8,14H,6,9-13H2,1-2H3. The molecule has 0 N–H and O–H groups in total. The largest absolute Gasteiger partial charge is 0.494 e. The number of benzene rings is 1. The van der Waals surface area contributed by atoms with Gasteiger partial charge in [0.1, 0.15) is 5.75 Å². The number of carbonyl (C=O) groups excluding carboxylic acids is 1. The summed E-state index contributed by atoms with van der Waals surface area (Å²) in [7, 11) is 2.11. The minimum absolute atomic E-state index is 0.251. The van der Waals surface area contributed by atoms with Crippen LogP contribution in [0.2, 0.25) is 0 Å². The van der Waals surface area contributed by atoms with Crippen molar-refractivity contribution >= 4 is 5.91 Å². The number of hydrogen-bond donors (Lipinski definition) is 0. The molecule has 0 aliphatic carbocycles. The topological polar surface area (TPSA) is 32.8 Å². The maximum absolute atomic E-state index is 12.1. The molecular formula is C16H24N2O2. The Bertz CT molecular complexity index is 422. The quantitative estimate of drug-likeness (QED) is 0.771. The fourth-order valence-corrected chi connectivity index (χ4v) is 2.36. The molecule has 1 amide bonds. The zero-order valence-electron chi connectivity index (χ0n) is 12.4. The van der Waals surface area contributed by atoms with E-state index in [4.69, 9.17) is 4.74 Å². The fraction of sp³-hybridized carbons (Fsp3) is 0.562. The zero-order chi connectivity index (χ0) is 14.4. The molecule has 1 saturated heterocycles. The molecule has 1 aliphatic heterocycles. The Balaban J connectivity index is 1.65. The number of rotatable bonds is 5. The third-order valence-corrected chi connectivity index (χ3v) is 3.86. The fourth-order valence-electron chi connectivity index (χ4n) is 2.36. The van der Waals surface area contributed by atoms with Crippen molar-refractivity contribution in [3.8, 4) is 5.75 Å². The van der Waals surface area contributed by atoms with Crippen molar-refractivity contribution in [3.05, 3.63) is 30.3 Å². The Morgan fingerprint density at radius 3 is 2.75 bits per heavy atom. The summed E-state index contributed by atoms with van der Waals surface area (Å²) < 4.78 is 5.60. The van der Waals surface area contributed by atoms with Crippen LogP contribution in [-0.4, -0.2) is 55.0 Å². The molecule has 4 nitrogen and oxygen atoms in total. The molecule has 0 spiro atoms. The van der Waals surface area contributed by atoms with E-state index in [1.165, 1.54) is 0 Å². The van der Waals surface area contributed by atoms with Gasteiger partial charge in [0, 0.05) is 32.1 Å². The number of hydrogen-bond acceptors (Lipinski definition) is 3. The van der Waals surface area contributed by atoms with Crippen molar-refractivity contribution in [3.63, 3.8) is 0 Å². The predicted molar refractivity (Wildman–Crippen MR) is 79.8 cm³/mol. The van der Waals surface area contributed by atoms with E-state index in [9.17, 15) is 4.79 Å². The molecule has 1 aromatic rings. The van der Waals surface area contributed by atoms with Crippen LogP contribution in [0.25, 0.3) is 0 Å². The molecule has 4 heteroatoms. The van der Waals surface area contributed by atoms with Crippen LogP contribution in [0.1, 0.15) is 19.8 Å². The molecule has 1 fully saturated rings. The first kappa shape index (κ1) is 14.9. The molecule has 1 unspecified atom stereocenters. The molecule has 1 heterocycles. The van der Waals surface area contributed by atoms with E-state index >= 15 is 0 Å². The summed E-state index contributed by atoms with van der Waals surface area (Å²) in [6, 6.07) is 10.2. The summed E-state index contributed by atoms with van der Waals surface area (Å²) in [5.74, 6) is 1.12. The van der Waals surface area contributed by atoms with Crippen LogP contribution in [-0.2, 0) is 4.79 Å². The monoisotopic (exact) mass is 276 g/mol. The first-order valence-electron chi connectivity index (χ1n) is 7.32. The van der Waals surface area contributed by atoms with Gasteiger partial charge < -0.3 is 14.5 Å². The highest BCUT2D eigenvalue weighted by atomic mass is 16.5. The van der Waals surface area contributed by atoms with Gasteiger partial charge in [-0.2, -0.15) is 0 Å². The van der Waals surface area contributed by atoms with Gasteiger partial charge in [0.25, 0.3) is 0 Å². The summed E-state index contributed by atoms with van der Waals surface area (Å²) in [4.78, 5) is 16.4. The van der Waals surface area contributed by atoms with Crippen molar-refractivity contribution < 1.29 is 9.53 Å². The van der Waals surface area contributed by atoms with E-state index in [1.807, 2.05) is 35.2 Å². The molecular weight excluding hydrogens is 252 g/mol. The summed E-state index contributed by atoms with van der Waals surface area (Å²) in [5.41, 5.74) is 0. The van der Waals surface area contributed by atoms with Crippen LogP contribution < -0.4 is 4.74 Å². The Morgan fingerprint density at radius 1 is 1.30 bits per heavy atom. The maximum Gasteiger partial charge on any atom is 0.222 e. The lowest BCUT2D eigenvalue weighted by molar-refractivity contribution is -0.134. The van der Waals surface area contributed by atoms with Crippen molar-refractivity contribution in [1.29, 1.82) is 0 Å². The Labute approximate surface area is 121 Å². The highest BCUT2D eigenvalue weighted by molar-refractivity contribution is 5.76. The molecule has 1 aromatic carbocycles. The highest BCUT2D eigenvalue weighted by Crippen LogP contribution is 2.11. The van der Waals surface area contributed by atoms with Crippen LogP contribution in [0, 0.1) is 0 Å². The van der Waals surface area contributed by atoms with Crippen molar-refractivity contribution in [2.24, 2.45) is 0 Å². The predicted octanol–water partition coefficient (Wildman–Crippen LogP) is 2.01. The second-order valence-corrected chi connectivity index (χ2v) is 5.43. The lowest BCUT2D eigenvalue weighted by Crippen LogP contribution is -2.52. The number of amides is 1. The van der Waals surface area contributed by atoms with Crippen molar-refractivity contribution in [2.75, 3.05) is 33.3 Å². The maximum atomic E-state index is 12.1. The van der Waals surface area contributed by atoms with E-state index in [0.29, 0.717) is 19.1 Å². The molecule has 110 valence electrons. The average molecular weight is 276 g/mol. The lowest BCUT2D eigenvalue weighted by Gasteiger charge is -2.37. The van der Waals surface area contributed by atoms with Crippen molar-refractivity contribution in [2.45, 2.75) is 25.8 Å². The molecule has 20 heavy (non-hydrogen) atoms. The molecule has 1 aliphatic rings. The normalized spacial score (nSPS) is 19.9. The van der Waals surface area contributed by atoms with Gasteiger partial charge in [0.15, 0.2) is 0 Å². The van der Waals surface area contributed by atoms with Gasteiger partial charge in [0.2, 0.25) is 5.91 Å². The van der Waals surface area contributed by atoms with Gasteiger partial charge in [-0.05, 0) is 32.5 Å². The van der Waals surface area contributed by atoms with Crippen LogP contribution >= 0.6 is 0 Å². The zero-order valence-corrected chi connectivity index (χ0v) is 12.4. The molecule has 2 rings (SSSR count). The molecule has 0 bridgehead atoms. The number of likely N-dealkylation sites (N-methyl/N-ethyl adjacent to an activating group) is 1. The molecule has 0 radical (unpaired) electrons. The number of nitrogens with zero attached hydrogens (tertiary/aromatic N) is 2. The third-order valence-electron chi connectivity index (χ3n) is 3.86. The molecule has 0 saturated carbocycles. The Hall–Kier alpha value is -1.55. The number of carbonyl (C=O) groups is 1. The van der Waals surface area contributed by atoms with Crippen LogP contribution in [0.15, 0.2) is 30.3 Å². The first-order valence-corrected chi connectivity index (χ1v) is 7.32. The highest BCUT2D eigenvalue weighted by Gasteiger charge is 2.23. The average Bonchev–Trinajstić information content (AvgIpc) is 2.47. The van der Waals surface area contributed by atoms with Crippen LogP contribution in [0.3, 0.4) is 0 Å². The summed E-state index contributed by atoms with van der Waals surface area (Å²) in [6.07, 6.45) is 1.34. The summed E-state index contributed by atoms with van der Waals surface area (Å²) in [6.45, 7) is 5.42. The van der Waals surface area contributed by atoms with E-state index < -0.39 is 0 Å². The minimum atomic E-state index is 0.251. The number of ether oxygens (including phenoxy) is 1. The first-order chi connectivity index (χ1) is 9.66. The lowest BCUT2D eigenvalue weighted by atomic mass is 10.2. The van der Waals surface area contributed by atoms with Gasteiger partial charge in [-0.1, -0.05) is 18.2 Å². The second-order valence-electron chi connectivity index (χ2n) is 5.43. The summed E-state index contributed by atoms with van der Waals surface area (Å²) >= 11 is 0. The van der Waals surface area contributed by atoms with E-state index in [1.54, 1.807) is 0 Å². The Kier molecular flexibility index (Phi) is 5.41. The van der Waals surface area contributed by atoms with Crippen LogP contribution in [0.5, 0.6) is 5.75 Å². The van der Waals surface area contributed by atoms with Gasteiger partial charge in [-0.25, -0.2) is 0 Å². The molecule has 0 aromatic heterocycles. The van der Waals surface area contributed by atoms with Gasteiger partial charge >= 0.3 is 0 Å². The Morgan fingerprint density at radius 2 is 2.05 bits per heavy atom. The van der Waals surface area contributed by atoms with E-state index in [2.05, 4.69) is 18.9 Å². The number of para-hydroxylation sites is 1. The van der Waals surface area contributed by atoms with Crippen LogP contribution in [0.4, 0.5) is 0 Å². The second kappa shape index (κ2) is 7.29. The van der Waals surface area contributed by atoms with Gasteiger partial charge in [-0.3, -0.25) is 4.79 Å². The smallest absolute Gasteiger partial charge is 0.222 e. The molecule has 1 atom stereocenters. The van der Waals surface area contributed by atoms with E-state index in [-0.39, 0.29) is 5.91 Å². The SMILES string of the molecule is CC1CN(C(=O)CCCOc2ccccc2)CCN1C. The third kappa shape index (κ3) is 4.23. The summed E-state index contributed by atoms with van der Waals surface area (Å²) in [5, 5.41) is 0.